The predicted molar refractivity (Wildman–Crippen MR) is 75.8 cm³/mol. The summed E-state index contributed by atoms with van der Waals surface area (Å²) in [6, 6.07) is 8.61. The van der Waals surface area contributed by atoms with Gasteiger partial charge in [0.05, 0.1) is 16.6 Å². The minimum Gasteiger partial charge on any atom is -0.322 e. The van der Waals surface area contributed by atoms with Gasteiger partial charge in [-0.2, -0.15) is 0 Å². The third-order valence-electron chi connectivity index (χ3n) is 2.95. The first-order valence-electron chi connectivity index (χ1n) is 6.08. The fourth-order valence-corrected chi connectivity index (χ4v) is 2.07. The first-order valence-corrected chi connectivity index (χ1v) is 6.08. The van der Waals surface area contributed by atoms with Crippen molar-refractivity contribution in [3.63, 3.8) is 0 Å². The van der Waals surface area contributed by atoms with Crippen molar-refractivity contribution in [1.29, 1.82) is 0 Å². The lowest BCUT2D eigenvalue weighted by Crippen LogP contribution is -2.13. The van der Waals surface area contributed by atoms with Crippen molar-refractivity contribution in [1.82, 2.24) is 15.0 Å². The number of nitrogens with one attached hydrogen (secondary N) is 3. The van der Waals surface area contributed by atoms with Gasteiger partial charge in [-0.1, -0.05) is 6.07 Å². The Balaban J connectivity index is 1.98. The van der Waals surface area contributed by atoms with Crippen molar-refractivity contribution < 1.29 is 4.79 Å². The molecular weight excluding hydrogens is 256 g/mol. The molecule has 1 aromatic carbocycles. The zero-order valence-electron chi connectivity index (χ0n) is 10.7. The van der Waals surface area contributed by atoms with Crippen LogP contribution >= 0.6 is 0 Å². The van der Waals surface area contributed by atoms with Gasteiger partial charge in [0.25, 0.3) is 5.91 Å². The van der Waals surface area contributed by atoms with Crippen molar-refractivity contribution in [3.05, 3.63) is 58.3 Å². The maximum absolute atomic E-state index is 12.3. The van der Waals surface area contributed by atoms with E-state index in [1.807, 2.05) is 6.92 Å². The van der Waals surface area contributed by atoms with Gasteiger partial charge in [-0.3, -0.25) is 9.78 Å². The monoisotopic (exact) mass is 268 g/mol. The molecule has 0 radical (unpaired) electrons. The number of aromatic amines is 2. The van der Waals surface area contributed by atoms with E-state index in [1.54, 1.807) is 36.5 Å². The number of carbonyl (C=O) groups is 1. The SMILES string of the molecule is Cc1cc(NC(=O)c2cccc3[nH]c(=O)[nH]c23)ccn1. The second-order valence-corrected chi connectivity index (χ2v) is 4.45. The number of aryl methyl sites for hydroxylation is 1. The number of rotatable bonds is 2. The van der Waals surface area contributed by atoms with Crippen LogP contribution in [0.15, 0.2) is 41.3 Å². The maximum atomic E-state index is 12.3. The summed E-state index contributed by atoms with van der Waals surface area (Å²) in [4.78, 5) is 32.9. The van der Waals surface area contributed by atoms with E-state index in [9.17, 15) is 9.59 Å². The third-order valence-corrected chi connectivity index (χ3v) is 2.95. The minimum atomic E-state index is -0.333. The lowest BCUT2D eigenvalue weighted by Gasteiger charge is -2.06. The lowest BCUT2D eigenvalue weighted by molar-refractivity contribution is 0.102. The third kappa shape index (κ3) is 2.18. The number of hydrogen-bond acceptors (Lipinski definition) is 3. The molecule has 100 valence electrons. The molecule has 0 atom stereocenters. The normalized spacial score (nSPS) is 10.7. The molecule has 3 aromatic rings. The Kier molecular flexibility index (Phi) is 2.83. The Hall–Kier alpha value is -2.89. The quantitative estimate of drug-likeness (QED) is 0.662. The number of nitrogens with zero attached hydrogens (tertiary/aromatic N) is 1. The van der Waals surface area contributed by atoms with Crippen molar-refractivity contribution >= 4 is 22.6 Å². The van der Waals surface area contributed by atoms with E-state index in [4.69, 9.17) is 0 Å². The molecule has 0 unspecified atom stereocenters. The number of hydrogen-bond donors (Lipinski definition) is 3. The van der Waals surface area contributed by atoms with Gasteiger partial charge in [-0.15, -0.1) is 0 Å². The van der Waals surface area contributed by atoms with Crippen molar-refractivity contribution in [2.45, 2.75) is 6.92 Å². The highest BCUT2D eigenvalue weighted by molar-refractivity contribution is 6.11. The van der Waals surface area contributed by atoms with Crippen molar-refractivity contribution in [3.8, 4) is 0 Å². The van der Waals surface area contributed by atoms with Gasteiger partial charge in [0.2, 0.25) is 0 Å². The molecule has 3 N–H and O–H groups in total. The number of H-pyrrole nitrogens is 2. The second-order valence-electron chi connectivity index (χ2n) is 4.45. The van der Waals surface area contributed by atoms with Crippen LogP contribution in [-0.4, -0.2) is 20.9 Å². The molecule has 3 rings (SSSR count). The number of amides is 1. The van der Waals surface area contributed by atoms with Crippen LogP contribution in [0.3, 0.4) is 0 Å². The number of anilines is 1. The molecule has 0 bridgehead atoms. The highest BCUT2D eigenvalue weighted by Gasteiger charge is 2.12. The van der Waals surface area contributed by atoms with Crippen LogP contribution in [0, 0.1) is 6.92 Å². The molecule has 2 aromatic heterocycles. The molecule has 0 spiro atoms. The van der Waals surface area contributed by atoms with E-state index in [-0.39, 0.29) is 11.6 Å². The molecule has 2 heterocycles. The van der Waals surface area contributed by atoms with Gasteiger partial charge in [-0.05, 0) is 31.2 Å². The second kappa shape index (κ2) is 4.65. The first kappa shape index (κ1) is 12.2. The Morgan fingerprint density at radius 1 is 1.25 bits per heavy atom. The molecule has 0 saturated carbocycles. The molecule has 0 saturated heterocycles. The summed E-state index contributed by atoms with van der Waals surface area (Å²) < 4.78 is 0. The minimum absolute atomic E-state index is 0.281. The largest absolute Gasteiger partial charge is 0.323 e. The van der Waals surface area contributed by atoms with E-state index in [1.165, 1.54) is 0 Å². The van der Waals surface area contributed by atoms with E-state index < -0.39 is 0 Å². The number of benzene rings is 1. The highest BCUT2D eigenvalue weighted by Crippen LogP contribution is 2.15. The average molecular weight is 268 g/mol. The molecular formula is C14H12N4O2. The summed E-state index contributed by atoms with van der Waals surface area (Å²) in [5.74, 6) is -0.281. The fourth-order valence-electron chi connectivity index (χ4n) is 2.07. The van der Waals surface area contributed by atoms with Crippen LogP contribution in [0.4, 0.5) is 5.69 Å². The topological polar surface area (TPSA) is 90.6 Å². The molecule has 20 heavy (non-hydrogen) atoms. The highest BCUT2D eigenvalue weighted by atomic mass is 16.2. The Morgan fingerprint density at radius 2 is 2.10 bits per heavy atom. The van der Waals surface area contributed by atoms with E-state index in [0.717, 1.165) is 5.69 Å². The van der Waals surface area contributed by atoms with Crippen LogP contribution in [0.2, 0.25) is 0 Å². The number of imidazole rings is 1. The van der Waals surface area contributed by atoms with Crippen molar-refractivity contribution in [2.24, 2.45) is 0 Å². The van der Waals surface area contributed by atoms with Gasteiger partial charge in [0.15, 0.2) is 0 Å². The number of fused-ring (bicyclic) bond motifs is 1. The smallest absolute Gasteiger partial charge is 0.322 e. The standard InChI is InChI=1S/C14H12N4O2/c1-8-7-9(5-6-15-8)16-13(19)10-3-2-4-11-12(10)18-14(20)17-11/h2-7H,1H3,(H,15,16,19)(H2,17,18,20). The molecule has 0 aliphatic heterocycles. The van der Waals surface area contributed by atoms with Crippen LogP contribution < -0.4 is 11.0 Å². The van der Waals surface area contributed by atoms with Gasteiger partial charge in [0.1, 0.15) is 0 Å². The summed E-state index contributed by atoms with van der Waals surface area (Å²) in [6.45, 7) is 1.85. The van der Waals surface area contributed by atoms with E-state index >= 15 is 0 Å². The molecule has 6 heteroatoms. The zero-order chi connectivity index (χ0) is 14.1. The number of aromatic nitrogens is 3. The Labute approximate surface area is 113 Å². The molecule has 0 aliphatic rings. The molecule has 6 nitrogen and oxygen atoms in total. The predicted octanol–water partition coefficient (Wildman–Crippen LogP) is 1.81. The van der Waals surface area contributed by atoms with Crippen LogP contribution in [0.1, 0.15) is 16.1 Å². The molecule has 0 aliphatic carbocycles. The Morgan fingerprint density at radius 3 is 2.90 bits per heavy atom. The molecule has 0 fully saturated rings. The van der Waals surface area contributed by atoms with Gasteiger partial charge in [-0.25, -0.2) is 4.79 Å². The summed E-state index contributed by atoms with van der Waals surface area (Å²) in [7, 11) is 0. The molecule has 1 amide bonds. The van der Waals surface area contributed by atoms with Crippen LogP contribution in [-0.2, 0) is 0 Å². The van der Waals surface area contributed by atoms with E-state index in [2.05, 4.69) is 20.3 Å². The van der Waals surface area contributed by atoms with Gasteiger partial charge >= 0.3 is 5.69 Å². The van der Waals surface area contributed by atoms with Crippen molar-refractivity contribution in [2.75, 3.05) is 5.32 Å². The summed E-state index contributed by atoms with van der Waals surface area (Å²) >= 11 is 0. The van der Waals surface area contributed by atoms with Gasteiger partial charge < -0.3 is 15.3 Å². The van der Waals surface area contributed by atoms with Crippen LogP contribution in [0.5, 0.6) is 0 Å². The Bertz CT molecular complexity index is 848. The van der Waals surface area contributed by atoms with Crippen LogP contribution in [0.25, 0.3) is 11.0 Å². The summed E-state index contributed by atoms with van der Waals surface area (Å²) in [5, 5.41) is 2.79. The van der Waals surface area contributed by atoms with Gasteiger partial charge in [0, 0.05) is 17.6 Å². The average Bonchev–Trinajstić information content (AvgIpc) is 2.78. The first-order chi connectivity index (χ1) is 9.63. The number of pyridine rings is 1. The van der Waals surface area contributed by atoms with E-state index in [0.29, 0.717) is 22.3 Å². The summed E-state index contributed by atoms with van der Waals surface area (Å²) in [5.41, 5.74) is 2.66. The number of carbonyl (C=O) groups excluding carboxylic acids is 1. The lowest BCUT2D eigenvalue weighted by atomic mass is 10.1. The fraction of sp³-hybridized carbons (Fsp3) is 0.0714. The maximum Gasteiger partial charge on any atom is 0.323 e. The zero-order valence-corrected chi connectivity index (χ0v) is 10.7. The number of para-hydroxylation sites is 1. The summed E-state index contributed by atoms with van der Waals surface area (Å²) in [6.07, 6.45) is 1.63.